The van der Waals surface area contributed by atoms with Gasteiger partial charge >= 0.3 is 5.97 Å². The third-order valence-corrected chi connectivity index (χ3v) is 5.36. The van der Waals surface area contributed by atoms with Crippen molar-refractivity contribution in [3.8, 4) is 0 Å². The number of hydrogen-bond donors (Lipinski definition) is 1. The summed E-state index contributed by atoms with van der Waals surface area (Å²) in [5.74, 6) is -1.68. The number of aliphatic carboxylic acids is 1. The van der Waals surface area contributed by atoms with Gasteiger partial charge in [-0.3, -0.25) is 14.3 Å². The maximum atomic E-state index is 13.0. The standard InChI is InChI=1S/C19H21N3O3/c23-18(14-10-20-22-9-5-4-8-17(14)22)21-11-15(16(12-21)19(24)25)13-6-2-1-3-7-13/h1-3,6-7,10,15-16H,4-5,8-9,11-12H2,(H,24,25)/t15-,16-/m1/s1. The highest BCUT2D eigenvalue weighted by Crippen LogP contribution is 2.34. The van der Waals surface area contributed by atoms with Gasteiger partial charge in [0.15, 0.2) is 0 Å². The largest absolute Gasteiger partial charge is 0.481 e. The first-order valence-corrected chi connectivity index (χ1v) is 8.77. The second-order valence-corrected chi connectivity index (χ2v) is 6.86. The van der Waals surface area contributed by atoms with Gasteiger partial charge < -0.3 is 10.0 Å². The molecule has 1 fully saturated rings. The van der Waals surface area contributed by atoms with Crippen molar-refractivity contribution in [1.29, 1.82) is 0 Å². The van der Waals surface area contributed by atoms with E-state index in [-0.39, 0.29) is 18.4 Å². The molecule has 6 heteroatoms. The molecule has 1 amide bonds. The zero-order valence-corrected chi connectivity index (χ0v) is 14.0. The van der Waals surface area contributed by atoms with Crippen molar-refractivity contribution >= 4 is 11.9 Å². The molecule has 3 heterocycles. The van der Waals surface area contributed by atoms with E-state index < -0.39 is 11.9 Å². The lowest BCUT2D eigenvalue weighted by Gasteiger charge is -2.19. The zero-order valence-electron chi connectivity index (χ0n) is 14.0. The molecule has 2 atom stereocenters. The van der Waals surface area contributed by atoms with Crippen LogP contribution in [0.3, 0.4) is 0 Å². The van der Waals surface area contributed by atoms with Crippen LogP contribution in [-0.2, 0) is 17.8 Å². The van der Waals surface area contributed by atoms with Crippen molar-refractivity contribution in [2.45, 2.75) is 31.7 Å². The van der Waals surface area contributed by atoms with Gasteiger partial charge in [0.25, 0.3) is 5.91 Å². The van der Waals surface area contributed by atoms with Crippen molar-refractivity contribution in [3.63, 3.8) is 0 Å². The summed E-state index contributed by atoms with van der Waals surface area (Å²) in [5, 5.41) is 13.9. The molecule has 0 unspecified atom stereocenters. The van der Waals surface area contributed by atoms with Crippen LogP contribution in [-0.4, -0.2) is 44.8 Å². The lowest BCUT2D eigenvalue weighted by molar-refractivity contribution is -0.141. The Morgan fingerprint density at radius 3 is 2.68 bits per heavy atom. The van der Waals surface area contributed by atoms with Crippen molar-refractivity contribution in [3.05, 3.63) is 53.3 Å². The average molecular weight is 339 g/mol. The number of amides is 1. The van der Waals surface area contributed by atoms with Crippen LogP contribution in [0.2, 0.25) is 0 Å². The number of hydrogen-bond acceptors (Lipinski definition) is 3. The van der Waals surface area contributed by atoms with E-state index in [1.54, 1.807) is 11.1 Å². The third-order valence-electron chi connectivity index (χ3n) is 5.36. The fraction of sp³-hybridized carbons (Fsp3) is 0.421. The van der Waals surface area contributed by atoms with Crippen molar-refractivity contribution in [2.24, 2.45) is 5.92 Å². The average Bonchev–Trinajstić information content (AvgIpc) is 3.27. The van der Waals surface area contributed by atoms with E-state index in [1.165, 1.54) is 0 Å². The van der Waals surface area contributed by atoms with Gasteiger partial charge in [0.1, 0.15) is 0 Å². The lowest BCUT2D eigenvalue weighted by Crippen LogP contribution is -2.30. The summed E-state index contributed by atoms with van der Waals surface area (Å²) < 4.78 is 1.91. The van der Waals surface area contributed by atoms with Crippen LogP contribution in [0.15, 0.2) is 36.5 Å². The topological polar surface area (TPSA) is 75.4 Å². The highest BCUT2D eigenvalue weighted by atomic mass is 16.4. The van der Waals surface area contributed by atoms with Gasteiger partial charge in [-0.25, -0.2) is 0 Å². The van der Waals surface area contributed by atoms with Crippen LogP contribution in [0.4, 0.5) is 0 Å². The Hall–Kier alpha value is -2.63. The van der Waals surface area contributed by atoms with Gasteiger partial charge in [-0.15, -0.1) is 0 Å². The minimum absolute atomic E-state index is 0.0900. The summed E-state index contributed by atoms with van der Waals surface area (Å²) in [7, 11) is 0. The zero-order chi connectivity index (χ0) is 17.4. The smallest absolute Gasteiger partial charge is 0.308 e. The number of benzene rings is 1. The van der Waals surface area contributed by atoms with E-state index in [1.807, 2.05) is 35.0 Å². The molecular formula is C19H21N3O3. The van der Waals surface area contributed by atoms with Gasteiger partial charge in [0.05, 0.1) is 23.4 Å². The summed E-state index contributed by atoms with van der Waals surface area (Å²) in [6, 6.07) is 9.61. The monoisotopic (exact) mass is 339 g/mol. The van der Waals surface area contributed by atoms with Crippen LogP contribution in [0, 0.1) is 5.92 Å². The summed E-state index contributed by atoms with van der Waals surface area (Å²) in [4.78, 5) is 26.4. The van der Waals surface area contributed by atoms with E-state index in [0.717, 1.165) is 37.1 Å². The molecule has 1 N–H and O–H groups in total. The summed E-state index contributed by atoms with van der Waals surface area (Å²) in [6.07, 6.45) is 4.66. The number of carbonyl (C=O) groups excluding carboxylic acids is 1. The highest BCUT2D eigenvalue weighted by Gasteiger charge is 2.41. The quantitative estimate of drug-likeness (QED) is 0.930. The van der Waals surface area contributed by atoms with Crippen LogP contribution in [0.5, 0.6) is 0 Å². The van der Waals surface area contributed by atoms with E-state index in [9.17, 15) is 14.7 Å². The minimum Gasteiger partial charge on any atom is -0.481 e. The molecule has 2 aliphatic heterocycles. The summed E-state index contributed by atoms with van der Waals surface area (Å²) in [6.45, 7) is 1.54. The van der Waals surface area contributed by atoms with Gasteiger partial charge in [-0.05, 0) is 24.8 Å². The van der Waals surface area contributed by atoms with Crippen LogP contribution in [0.1, 0.15) is 40.4 Å². The molecule has 6 nitrogen and oxygen atoms in total. The van der Waals surface area contributed by atoms with Gasteiger partial charge in [-0.2, -0.15) is 5.10 Å². The minimum atomic E-state index is -0.846. The number of carboxylic acids is 1. The van der Waals surface area contributed by atoms with Crippen LogP contribution < -0.4 is 0 Å². The third kappa shape index (κ3) is 2.81. The summed E-state index contributed by atoms with van der Waals surface area (Å²) >= 11 is 0. The Kier molecular flexibility index (Phi) is 4.03. The van der Waals surface area contributed by atoms with Crippen molar-refractivity contribution in [2.75, 3.05) is 13.1 Å². The number of rotatable bonds is 3. The van der Waals surface area contributed by atoms with Crippen LogP contribution in [0.25, 0.3) is 0 Å². The first kappa shape index (κ1) is 15.9. The second kappa shape index (κ2) is 6.35. The molecule has 0 spiro atoms. The predicted molar refractivity (Wildman–Crippen MR) is 91.4 cm³/mol. The highest BCUT2D eigenvalue weighted by molar-refractivity contribution is 5.96. The van der Waals surface area contributed by atoms with Crippen molar-refractivity contribution < 1.29 is 14.7 Å². The molecule has 2 aromatic rings. The molecule has 0 aliphatic carbocycles. The SMILES string of the molecule is O=C(O)[C@@H]1CN(C(=O)c2cnn3c2CCCC3)C[C@@H]1c1ccccc1. The van der Waals surface area contributed by atoms with E-state index >= 15 is 0 Å². The Bertz CT molecular complexity index is 800. The molecule has 4 rings (SSSR count). The number of carboxylic acid groups (broad SMARTS) is 1. The molecule has 1 aromatic heterocycles. The first-order chi connectivity index (χ1) is 12.1. The number of aryl methyl sites for hydroxylation is 1. The lowest BCUT2D eigenvalue weighted by atomic mass is 9.89. The molecule has 1 saturated heterocycles. The maximum absolute atomic E-state index is 13.0. The molecule has 25 heavy (non-hydrogen) atoms. The Morgan fingerprint density at radius 1 is 1.12 bits per heavy atom. The van der Waals surface area contributed by atoms with Crippen molar-refractivity contribution in [1.82, 2.24) is 14.7 Å². The fourth-order valence-corrected chi connectivity index (χ4v) is 4.03. The van der Waals surface area contributed by atoms with Gasteiger partial charge in [0, 0.05) is 25.6 Å². The second-order valence-electron chi connectivity index (χ2n) is 6.86. The van der Waals surface area contributed by atoms with E-state index in [4.69, 9.17) is 0 Å². The number of fused-ring (bicyclic) bond motifs is 1. The molecule has 0 saturated carbocycles. The summed E-state index contributed by atoms with van der Waals surface area (Å²) in [5.41, 5.74) is 2.60. The van der Waals surface area contributed by atoms with E-state index in [0.29, 0.717) is 12.1 Å². The molecule has 0 bridgehead atoms. The van der Waals surface area contributed by atoms with Gasteiger partial charge in [0.2, 0.25) is 0 Å². The molecule has 130 valence electrons. The van der Waals surface area contributed by atoms with E-state index in [2.05, 4.69) is 5.10 Å². The van der Waals surface area contributed by atoms with Gasteiger partial charge in [-0.1, -0.05) is 30.3 Å². The molecule has 0 radical (unpaired) electrons. The molecular weight excluding hydrogens is 318 g/mol. The maximum Gasteiger partial charge on any atom is 0.308 e. The number of carbonyl (C=O) groups is 2. The molecule has 2 aliphatic rings. The predicted octanol–water partition coefficient (Wildman–Crippen LogP) is 2.16. The number of likely N-dealkylation sites (tertiary alicyclic amines) is 1. The number of nitrogens with zero attached hydrogens (tertiary/aromatic N) is 3. The molecule has 1 aromatic carbocycles. The normalized spacial score (nSPS) is 22.6. The Balaban J connectivity index is 1.60. The van der Waals surface area contributed by atoms with Crippen LogP contribution >= 0.6 is 0 Å². The number of aromatic nitrogens is 2. The Morgan fingerprint density at radius 2 is 1.92 bits per heavy atom. The first-order valence-electron chi connectivity index (χ1n) is 8.77. The fourth-order valence-electron chi connectivity index (χ4n) is 4.03. The Labute approximate surface area is 146 Å².